The number of hydrogen-bond donors (Lipinski definition) is 2. The van der Waals surface area contributed by atoms with Gasteiger partial charge in [-0.1, -0.05) is 45.0 Å². The van der Waals surface area contributed by atoms with Crippen LogP contribution in [0.25, 0.3) is 11.1 Å². The number of carbonyl (C=O) groups is 2. The molecule has 35 heavy (non-hydrogen) atoms. The van der Waals surface area contributed by atoms with E-state index in [2.05, 4.69) is 37.5 Å². The third-order valence-electron chi connectivity index (χ3n) is 6.86. The standard InChI is InChI=1S/C29H30N2O4.H2/c1-28(2,3)23-10-9-21(16-22(23)18-6-5-7-19(14-18)26(32)30-4)31-27(33)29(12-13-29)20-8-11-24-25(15-20)35-17-34-24;/h5-11,14-16H,12-13,17H2,1-4H3,(H,30,32)(H,31,33);1H. The monoisotopic (exact) mass is 472 g/mol. The molecule has 3 aromatic carbocycles. The minimum atomic E-state index is -0.553. The van der Waals surface area contributed by atoms with Crippen molar-refractivity contribution < 1.29 is 20.5 Å². The molecule has 2 N–H and O–H groups in total. The molecule has 2 aliphatic rings. The van der Waals surface area contributed by atoms with Crippen LogP contribution < -0.4 is 20.1 Å². The molecule has 182 valence electrons. The first kappa shape index (κ1) is 23.0. The highest BCUT2D eigenvalue weighted by Gasteiger charge is 2.51. The number of nitrogens with one attached hydrogen (secondary N) is 2. The summed E-state index contributed by atoms with van der Waals surface area (Å²) in [5, 5.41) is 5.84. The molecular formula is C29H32N2O4. The molecule has 5 rings (SSSR count). The average Bonchev–Trinajstić information content (AvgIpc) is 3.53. The van der Waals surface area contributed by atoms with E-state index in [-0.39, 0.29) is 25.4 Å². The summed E-state index contributed by atoms with van der Waals surface area (Å²) >= 11 is 0. The second-order valence-corrected chi connectivity index (χ2v) is 10.3. The van der Waals surface area contributed by atoms with Crippen LogP contribution in [0.5, 0.6) is 11.5 Å². The lowest BCUT2D eigenvalue weighted by Gasteiger charge is -2.25. The number of benzene rings is 3. The summed E-state index contributed by atoms with van der Waals surface area (Å²) in [5.74, 6) is 1.25. The van der Waals surface area contributed by atoms with Gasteiger partial charge in [-0.05, 0) is 76.9 Å². The van der Waals surface area contributed by atoms with E-state index in [1.165, 1.54) is 0 Å². The fourth-order valence-corrected chi connectivity index (χ4v) is 4.70. The average molecular weight is 473 g/mol. The van der Waals surface area contributed by atoms with Crippen molar-refractivity contribution in [3.63, 3.8) is 0 Å². The van der Waals surface area contributed by atoms with E-state index in [1.807, 2.05) is 48.5 Å². The molecule has 0 unspecified atom stereocenters. The van der Waals surface area contributed by atoms with Crippen LogP contribution in [0.1, 0.15) is 56.5 Å². The Balaban J connectivity index is 0.00000304. The Labute approximate surface area is 207 Å². The summed E-state index contributed by atoms with van der Waals surface area (Å²) in [5.41, 5.74) is 4.67. The molecule has 0 aromatic heterocycles. The summed E-state index contributed by atoms with van der Waals surface area (Å²) in [7, 11) is 1.62. The van der Waals surface area contributed by atoms with E-state index in [4.69, 9.17) is 9.47 Å². The molecule has 0 atom stereocenters. The van der Waals surface area contributed by atoms with Crippen molar-refractivity contribution in [2.75, 3.05) is 19.2 Å². The van der Waals surface area contributed by atoms with Gasteiger partial charge in [0.25, 0.3) is 5.91 Å². The Morgan fingerprint density at radius 2 is 1.71 bits per heavy atom. The van der Waals surface area contributed by atoms with Gasteiger partial charge >= 0.3 is 0 Å². The lowest BCUT2D eigenvalue weighted by Crippen LogP contribution is -2.28. The second-order valence-electron chi connectivity index (χ2n) is 10.3. The molecule has 0 spiro atoms. The first-order valence-electron chi connectivity index (χ1n) is 11.9. The fraction of sp³-hybridized carbons (Fsp3) is 0.310. The number of amides is 2. The number of ether oxygens (including phenoxy) is 2. The van der Waals surface area contributed by atoms with Crippen molar-refractivity contribution in [1.29, 1.82) is 0 Å². The number of rotatable bonds is 5. The van der Waals surface area contributed by atoms with Crippen LogP contribution in [-0.2, 0) is 15.6 Å². The van der Waals surface area contributed by atoms with Crippen LogP contribution in [0.3, 0.4) is 0 Å². The van der Waals surface area contributed by atoms with Gasteiger partial charge in [-0.15, -0.1) is 0 Å². The first-order chi connectivity index (χ1) is 16.7. The largest absolute Gasteiger partial charge is 0.454 e. The molecule has 1 fully saturated rings. The number of anilines is 1. The number of carbonyl (C=O) groups excluding carboxylic acids is 2. The van der Waals surface area contributed by atoms with Gasteiger partial charge in [-0.25, -0.2) is 0 Å². The topological polar surface area (TPSA) is 76.7 Å². The van der Waals surface area contributed by atoms with Crippen LogP contribution in [0.4, 0.5) is 5.69 Å². The van der Waals surface area contributed by atoms with E-state index in [0.29, 0.717) is 17.1 Å². The predicted octanol–water partition coefficient (Wildman–Crippen LogP) is 5.66. The van der Waals surface area contributed by atoms with Crippen LogP contribution in [0.2, 0.25) is 0 Å². The van der Waals surface area contributed by atoms with E-state index in [9.17, 15) is 9.59 Å². The molecule has 1 aliphatic carbocycles. The van der Waals surface area contributed by atoms with Crippen molar-refractivity contribution in [2.24, 2.45) is 0 Å². The Morgan fingerprint density at radius 1 is 0.943 bits per heavy atom. The zero-order valence-corrected chi connectivity index (χ0v) is 20.5. The molecule has 1 aliphatic heterocycles. The van der Waals surface area contributed by atoms with Gasteiger partial charge in [0.05, 0.1) is 5.41 Å². The van der Waals surface area contributed by atoms with E-state index < -0.39 is 5.41 Å². The highest BCUT2D eigenvalue weighted by molar-refractivity contribution is 6.02. The van der Waals surface area contributed by atoms with Crippen molar-refractivity contribution >= 4 is 17.5 Å². The van der Waals surface area contributed by atoms with Crippen LogP contribution in [-0.4, -0.2) is 25.7 Å². The van der Waals surface area contributed by atoms with Crippen LogP contribution in [0.15, 0.2) is 60.7 Å². The van der Waals surface area contributed by atoms with Gasteiger partial charge in [0.15, 0.2) is 11.5 Å². The maximum absolute atomic E-state index is 13.5. The molecule has 2 amide bonds. The minimum Gasteiger partial charge on any atom is -0.454 e. The van der Waals surface area contributed by atoms with Gasteiger partial charge in [0, 0.05) is 19.7 Å². The maximum Gasteiger partial charge on any atom is 0.251 e. The number of hydrogen-bond acceptors (Lipinski definition) is 4. The predicted molar refractivity (Wildman–Crippen MR) is 138 cm³/mol. The second kappa shape index (κ2) is 8.45. The molecule has 3 aromatic rings. The summed E-state index contributed by atoms with van der Waals surface area (Å²) < 4.78 is 10.9. The fourth-order valence-electron chi connectivity index (χ4n) is 4.70. The molecule has 1 heterocycles. The lowest BCUT2D eigenvalue weighted by atomic mass is 9.81. The first-order valence-corrected chi connectivity index (χ1v) is 11.9. The molecule has 1 saturated carbocycles. The highest BCUT2D eigenvalue weighted by atomic mass is 16.7. The Hall–Kier alpha value is -3.80. The Kier molecular flexibility index (Phi) is 5.55. The smallest absolute Gasteiger partial charge is 0.251 e. The summed E-state index contributed by atoms with van der Waals surface area (Å²) in [6.07, 6.45) is 1.58. The molecule has 6 nitrogen and oxygen atoms in total. The normalized spacial score (nSPS) is 15.4. The summed E-state index contributed by atoms with van der Waals surface area (Å²) in [6, 6.07) is 19.4. The highest BCUT2D eigenvalue weighted by Crippen LogP contribution is 2.51. The third kappa shape index (κ3) is 4.25. The molecular weight excluding hydrogens is 440 g/mol. The maximum atomic E-state index is 13.5. The van der Waals surface area contributed by atoms with Crippen molar-refractivity contribution in [2.45, 2.75) is 44.4 Å². The van der Waals surface area contributed by atoms with Gasteiger partial charge in [-0.3, -0.25) is 9.59 Å². The zero-order valence-electron chi connectivity index (χ0n) is 20.5. The van der Waals surface area contributed by atoms with E-state index in [1.54, 1.807) is 13.1 Å². The van der Waals surface area contributed by atoms with E-state index >= 15 is 0 Å². The number of fused-ring (bicyclic) bond motifs is 1. The minimum absolute atomic E-state index is 0. The van der Waals surface area contributed by atoms with Gasteiger partial charge in [0.2, 0.25) is 12.7 Å². The van der Waals surface area contributed by atoms with Crippen molar-refractivity contribution in [1.82, 2.24) is 5.32 Å². The molecule has 0 radical (unpaired) electrons. The van der Waals surface area contributed by atoms with Gasteiger partial charge in [0.1, 0.15) is 0 Å². The molecule has 6 heteroatoms. The SMILES string of the molecule is CNC(=O)c1cccc(-c2cc(NC(=O)C3(c4ccc5c(c4)OCO5)CC3)ccc2C(C)(C)C)c1.[HH]. The lowest BCUT2D eigenvalue weighted by molar-refractivity contribution is -0.118. The van der Waals surface area contributed by atoms with E-state index in [0.717, 1.165) is 40.8 Å². The van der Waals surface area contributed by atoms with Crippen molar-refractivity contribution in [3.8, 4) is 22.6 Å². The van der Waals surface area contributed by atoms with Crippen LogP contribution in [0, 0.1) is 0 Å². The molecule has 0 bridgehead atoms. The Bertz CT molecular complexity index is 1330. The Morgan fingerprint density at radius 3 is 2.43 bits per heavy atom. The van der Waals surface area contributed by atoms with Gasteiger partial charge < -0.3 is 20.1 Å². The quantitative estimate of drug-likeness (QED) is 0.503. The molecule has 0 saturated heterocycles. The van der Waals surface area contributed by atoms with Crippen LogP contribution >= 0.6 is 0 Å². The van der Waals surface area contributed by atoms with Gasteiger partial charge in [-0.2, -0.15) is 0 Å². The summed E-state index contributed by atoms with van der Waals surface area (Å²) in [6.45, 7) is 6.69. The third-order valence-corrected chi connectivity index (χ3v) is 6.86. The zero-order chi connectivity index (χ0) is 24.8. The summed E-state index contributed by atoms with van der Waals surface area (Å²) in [4.78, 5) is 25.7. The van der Waals surface area contributed by atoms with Crippen molar-refractivity contribution in [3.05, 3.63) is 77.4 Å².